The van der Waals surface area contributed by atoms with Crippen molar-refractivity contribution in [2.24, 2.45) is 0 Å². The van der Waals surface area contributed by atoms with Crippen LogP contribution in [0.3, 0.4) is 0 Å². The van der Waals surface area contributed by atoms with Gasteiger partial charge in [-0.15, -0.1) is 0 Å². The van der Waals surface area contributed by atoms with E-state index in [2.05, 4.69) is 194 Å². The molecule has 0 fully saturated rings. The van der Waals surface area contributed by atoms with Crippen molar-refractivity contribution in [2.75, 3.05) is 0 Å². The molecule has 3 heteroatoms. The summed E-state index contributed by atoms with van der Waals surface area (Å²) in [6.07, 6.45) is 0. The monoisotopic (exact) mass is 713 g/mol. The van der Waals surface area contributed by atoms with E-state index in [-0.39, 0.29) is 0 Å². The van der Waals surface area contributed by atoms with Gasteiger partial charge < -0.3 is 0 Å². The zero-order valence-corrected chi connectivity index (χ0v) is 30.5. The maximum atomic E-state index is 5.19. The molecule has 3 nitrogen and oxygen atoms in total. The lowest BCUT2D eigenvalue weighted by Crippen LogP contribution is -1.96. The van der Waals surface area contributed by atoms with Crippen molar-refractivity contribution in [3.63, 3.8) is 0 Å². The summed E-state index contributed by atoms with van der Waals surface area (Å²) in [7, 11) is 0. The van der Waals surface area contributed by atoms with Crippen molar-refractivity contribution in [2.45, 2.75) is 0 Å². The summed E-state index contributed by atoms with van der Waals surface area (Å²) in [4.78, 5) is 15.4. The van der Waals surface area contributed by atoms with Gasteiger partial charge in [-0.2, -0.15) is 0 Å². The molecule has 0 atom stereocenters. The first-order valence-electron chi connectivity index (χ1n) is 18.9. The first-order valence-corrected chi connectivity index (χ1v) is 18.9. The lowest BCUT2D eigenvalue weighted by Gasteiger charge is -2.15. The van der Waals surface area contributed by atoms with Gasteiger partial charge in [-0.05, 0) is 62.4 Å². The summed E-state index contributed by atoms with van der Waals surface area (Å²) in [5.41, 5.74) is 14.9. The van der Waals surface area contributed by atoms with Gasteiger partial charge in [-0.25, -0.2) is 15.0 Å². The molecule has 0 aliphatic heterocycles. The predicted octanol–water partition coefficient (Wildman–Crippen LogP) is 13.8. The fourth-order valence-corrected chi connectivity index (χ4v) is 7.69. The van der Waals surface area contributed by atoms with Gasteiger partial charge in [0.2, 0.25) is 0 Å². The highest BCUT2D eigenvalue weighted by molar-refractivity contribution is 6.17. The van der Waals surface area contributed by atoms with Gasteiger partial charge in [0.25, 0.3) is 0 Å². The highest BCUT2D eigenvalue weighted by atomic mass is 14.9. The molecular weight excluding hydrogens is 679 g/mol. The highest BCUT2D eigenvalue weighted by Crippen LogP contribution is 2.40. The Hall–Kier alpha value is -7.49. The Morgan fingerprint density at radius 1 is 0.250 bits per heavy atom. The fourth-order valence-electron chi connectivity index (χ4n) is 7.69. The third-order valence-electron chi connectivity index (χ3n) is 10.5. The third kappa shape index (κ3) is 6.31. The van der Waals surface area contributed by atoms with Crippen LogP contribution in [0.2, 0.25) is 0 Å². The number of pyridine rings is 1. The molecule has 10 aromatic rings. The number of fused-ring (bicyclic) bond motifs is 3. The number of nitrogens with zero attached hydrogens (tertiary/aromatic N) is 3. The number of rotatable bonds is 7. The normalized spacial score (nSPS) is 11.2. The topological polar surface area (TPSA) is 38.7 Å². The van der Waals surface area contributed by atoms with Crippen molar-refractivity contribution < 1.29 is 0 Å². The summed E-state index contributed by atoms with van der Waals surface area (Å²) >= 11 is 0. The predicted molar refractivity (Wildman–Crippen MR) is 233 cm³/mol. The second-order valence-electron chi connectivity index (χ2n) is 14.0. The van der Waals surface area contributed by atoms with E-state index in [4.69, 9.17) is 15.0 Å². The van der Waals surface area contributed by atoms with Gasteiger partial charge in [0.1, 0.15) is 0 Å². The summed E-state index contributed by atoms with van der Waals surface area (Å²) in [5.74, 6) is 0.691. The molecular formula is C53H35N3. The second kappa shape index (κ2) is 14.4. The quantitative estimate of drug-likeness (QED) is 0.154. The maximum Gasteiger partial charge on any atom is 0.160 e. The van der Waals surface area contributed by atoms with Crippen LogP contribution in [0.1, 0.15) is 0 Å². The number of hydrogen-bond acceptors (Lipinski definition) is 3. The van der Waals surface area contributed by atoms with Crippen molar-refractivity contribution in [3.8, 4) is 78.5 Å². The second-order valence-corrected chi connectivity index (χ2v) is 14.0. The molecule has 8 aromatic carbocycles. The number of hydrogen-bond donors (Lipinski definition) is 0. The highest BCUT2D eigenvalue weighted by Gasteiger charge is 2.16. The van der Waals surface area contributed by atoms with Gasteiger partial charge in [0.05, 0.1) is 22.6 Å². The minimum absolute atomic E-state index is 0.691. The summed E-state index contributed by atoms with van der Waals surface area (Å²) < 4.78 is 0. The van der Waals surface area contributed by atoms with Crippen molar-refractivity contribution in [3.05, 3.63) is 212 Å². The molecule has 0 saturated carbocycles. The molecule has 0 aliphatic rings. The molecule has 10 rings (SSSR count). The minimum atomic E-state index is 0.691. The first kappa shape index (κ1) is 33.1. The molecule has 0 spiro atoms. The van der Waals surface area contributed by atoms with E-state index in [1.807, 2.05) is 18.2 Å². The average Bonchev–Trinajstić information content (AvgIpc) is 3.29. The fraction of sp³-hybridized carbons (Fsp3) is 0. The van der Waals surface area contributed by atoms with Gasteiger partial charge in [0, 0.05) is 27.6 Å². The van der Waals surface area contributed by atoms with Crippen molar-refractivity contribution >= 4 is 21.7 Å². The van der Waals surface area contributed by atoms with Crippen LogP contribution >= 0.6 is 0 Å². The molecule has 56 heavy (non-hydrogen) atoms. The molecule has 0 bridgehead atoms. The molecule has 262 valence electrons. The Balaban J connectivity index is 1.06. The Kier molecular flexibility index (Phi) is 8.51. The summed E-state index contributed by atoms with van der Waals surface area (Å²) in [6.45, 7) is 0. The van der Waals surface area contributed by atoms with Crippen LogP contribution in [0.25, 0.3) is 100 Å². The molecule has 0 amide bonds. The molecule has 2 heterocycles. The molecule has 0 N–H and O–H groups in total. The molecule has 0 radical (unpaired) electrons. The van der Waals surface area contributed by atoms with Crippen LogP contribution in [0.15, 0.2) is 212 Å². The van der Waals surface area contributed by atoms with Gasteiger partial charge in [-0.1, -0.05) is 194 Å². The zero-order chi connectivity index (χ0) is 37.3. The molecule has 2 aromatic heterocycles. The Bertz CT molecular complexity index is 2960. The smallest absolute Gasteiger partial charge is 0.160 e. The standard InChI is InChI=1S/C53H35N3/c1-5-14-36(15-6-1)37-24-28-42(29-25-37)51-35-50(41-20-11-4-12-21-41)55-53(56-51)43-30-26-39(27-31-43)44-22-13-23-46-45(44)32-33-48-52(46)47(38-16-7-2-8-17-38)34-49(54-48)40-18-9-3-10-19-40/h1-35H. The minimum Gasteiger partial charge on any atom is -0.248 e. The van der Waals surface area contributed by atoms with Gasteiger partial charge >= 0.3 is 0 Å². The Labute approximate surface area is 326 Å². The Morgan fingerprint density at radius 2 is 0.696 bits per heavy atom. The van der Waals surface area contributed by atoms with Crippen molar-refractivity contribution in [1.29, 1.82) is 0 Å². The summed E-state index contributed by atoms with van der Waals surface area (Å²) in [6, 6.07) is 74.5. The van der Waals surface area contributed by atoms with E-state index in [9.17, 15) is 0 Å². The van der Waals surface area contributed by atoms with E-state index in [0.717, 1.165) is 55.8 Å². The zero-order valence-electron chi connectivity index (χ0n) is 30.5. The van der Waals surface area contributed by atoms with Crippen LogP contribution < -0.4 is 0 Å². The van der Waals surface area contributed by atoms with Gasteiger partial charge in [-0.3, -0.25) is 0 Å². The van der Waals surface area contributed by atoms with Crippen LogP contribution in [0.4, 0.5) is 0 Å². The van der Waals surface area contributed by atoms with E-state index in [1.54, 1.807) is 0 Å². The molecule has 0 saturated heterocycles. The van der Waals surface area contributed by atoms with E-state index >= 15 is 0 Å². The summed E-state index contributed by atoms with van der Waals surface area (Å²) in [5, 5.41) is 3.52. The van der Waals surface area contributed by atoms with Crippen LogP contribution in [0, 0.1) is 0 Å². The average molecular weight is 714 g/mol. The third-order valence-corrected chi connectivity index (χ3v) is 10.5. The van der Waals surface area contributed by atoms with Crippen LogP contribution in [0.5, 0.6) is 0 Å². The Morgan fingerprint density at radius 3 is 1.30 bits per heavy atom. The maximum absolute atomic E-state index is 5.19. The lowest BCUT2D eigenvalue weighted by molar-refractivity contribution is 1.18. The van der Waals surface area contributed by atoms with Gasteiger partial charge in [0.15, 0.2) is 5.82 Å². The van der Waals surface area contributed by atoms with Crippen LogP contribution in [-0.4, -0.2) is 15.0 Å². The first-order chi connectivity index (χ1) is 27.7. The largest absolute Gasteiger partial charge is 0.248 e. The lowest BCUT2D eigenvalue weighted by atomic mass is 9.91. The van der Waals surface area contributed by atoms with Crippen LogP contribution in [-0.2, 0) is 0 Å². The van der Waals surface area contributed by atoms with Crippen molar-refractivity contribution in [1.82, 2.24) is 15.0 Å². The SMILES string of the molecule is c1ccc(-c2ccc(-c3cc(-c4ccccc4)nc(-c4ccc(-c5cccc6c5ccc5nc(-c7ccccc7)cc(-c7ccccc7)c56)cc4)n3)cc2)cc1. The molecule has 0 unspecified atom stereocenters. The van der Waals surface area contributed by atoms with E-state index in [1.165, 1.54) is 38.6 Å². The number of aromatic nitrogens is 3. The van der Waals surface area contributed by atoms with E-state index < -0.39 is 0 Å². The number of benzene rings is 8. The molecule has 0 aliphatic carbocycles. The van der Waals surface area contributed by atoms with E-state index in [0.29, 0.717) is 5.82 Å².